The van der Waals surface area contributed by atoms with Gasteiger partial charge in [-0.2, -0.15) is 5.10 Å². The van der Waals surface area contributed by atoms with Gasteiger partial charge in [0.1, 0.15) is 11.5 Å². The fourth-order valence-electron chi connectivity index (χ4n) is 2.64. The highest BCUT2D eigenvalue weighted by Gasteiger charge is 2.19. The van der Waals surface area contributed by atoms with Crippen LogP contribution in [0.5, 0.6) is 0 Å². The number of furan rings is 1. The molecule has 19 heavy (non-hydrogen) atoms. The molecule has 2 rings (SSSR count). The first-order valence-corrected chi connectivity index (χ1v) is 6.72. The van der Waals surface area contributed by atoms with Crippen molar-refractivity contribution in [2.45, 2.75) is 46.7 Å². The van der Waals surface area contributed by atoms with Crippen molar-refractivity contribution in [2.75, 3.05) is 0 Å². The second-order valence-corrected chi connectivity index (χ2v) is 5.27. The summed E-state index contributed by atoms with van der Waals surface area (Å²) < 4.78 is 7.60. The molecule has 2 aromatic heterocycles. The predicted octanol–water partition coefficient (Wildman–Crippen LogP) is 3.35. The van der Waals surface area contributed by atoms with Crippen LogP contribution in [0.2, 0.25) is 0 Å². The van der Waals surface area contributed by atoms with Gasteiger partial charge in [-0.05, 0) is 46.8 Å². The zero-order valence-electron chi connectivity index (χ0n) is 12.6. The van der Waals surface area contributed by atoms with Gasteiger partial charge in [0.05, 0.1) is 11.7 Å². The molecule has 2 unspecified atom stereocenters. The van der Waals surface area contributed by atoms with E-state index in [2.05, 4.69) is 38.1 Å². The van der Waals surface area contributed by atoms with E-state index in [1.165, 1.54) is 11.3 Å². The van der Waals surface area contributed by atoms with E-state index in [1.54, 1.807) is 0 Å². The lowest BCUT2D eigenvalue weighted by Crippen LogP contribution is -2.23. The molecular formula is C15H23N3O. The summed E-state index contributed by atoms with van der Waals surface area (Å²) in [5.41, 5.74) is 3.57. The van der Waals surface area contributed by atoms with Gasteiger partial charge in [0.25, 0.3) is 0 Å². The second kappa shape index (κ2) is 5.21. The largest absolute Gasteiger partial charge is 0.465 e. The molecule has 0 aliphatic carbocycles. The van der Waals surface area contributed by atoms with Gasteiger partial charge in [-0.25, -0.2) is 0 Å². The van der Waals surface area contributed by atoms with Crippen LogP contribution in [0.3, 0.4) is 0 Å². The van der Waals surface area contributed by atoms with E-state index in [1.807, 2.05) is 30.8 Å². The van der Waals surface area contributed by atoms with Gasteiger partial charge in [0, 0.05) is 24.3 Å². The minimum atomic E-state index is 0.183. The molecule has 4 nitrogen and oxygen atoms in total. The smallest absolute Gasteiger partial charge is 0.120 e. The van der Waals surface area contributed by atoms with E-state index >= 15 is 0 Å². The van der Waals surface area contributed by atoms with E-state index < -0.39 is 0 Å². The molecule has 0 spiro atoms. The average molecular weight is 261 g/mol. The van der Waals surface area contributed by atoms with Gasteiger partial charge in [0.2, 0.25) is 0 Å². The summed E-state index contributed by atoms with van der Waals surface area (Å²) in [5, 5.41) is 8.04. The first kappa shape index (κ1) is 13.9. The molecule has 2 atom stereocenters. The molecule has 0 aromatic carbocycles. The number of hydrogen-bond acceptors (Lipinski definition) is 3. The second-order valence-electron chi connectivity index (χ2n) is 5.27. The van der Waals surface area contributed by atoms with Gasteiger partial charge < -0.3 is 9.73 Å². The number of nitrogens with one attached hydrogen (secondary N) is 1. The monoisotopic (exact) mass is 261 g/mol. The minimum Gasteiger partial charge on any atom is -0.465 e. The standard InChI is InChI=1S/C15H23N3O/c1-9-7-8-14(19-9)10(2)16-11(3)15-12(4)17-18(6)13(15)5/h7-8,10-11,16H,1-6H3. The van der Waals surface area contributed by atoms with Crippen molar-refractivity contribution in [3.05, 3.63) is 40.6 Å². The Morgan fingerprint density at radius 2 is 1.84 bits per heavy atom. The molecule has 1 N–H and O–H groups in total. The Morgan fingerprint density at radius 1 is 1.16 bits per heavy atom. The average Bonchev–Trinajstić information content (AvgIpc) is 2.84. The summed E-state index contributed by atoms with van der Waals surface area (Å²) in [6.07, 6.45) is 0. The van der Waals surface area contributed by atoms with Crippen molar-refractivity contribution in [1.82, 2.24) is 15.1 Å². The van der Waals surface area contributed by atoms with Crippen LogP contribution in [0.15, 0.2) is 16.5 Å². The Kier molecular flexibility index (Phi) is 3.80. The number of aryl methyl sites for hydroxylation is 3. The summed E-state index contributed by atoms with van der Waals surface area (Å²) in [5.74, 6) is 1.92. The zero-order valence-corrected chi connectivity index (χ0v) is 12.6. The normalized spacial score (nSPS) is 14.6. The molecule has 0 saturated heterocycles. The van der Waals surface area contributed by atoms with E-state index in [4.69, 9.17) is 4.42 Å². The van der Waals surface area contributed by atoms with Crippen LogP contribution < -0.4 is 5.32 Å². The van der Waals surface area contributed by atoms with Crippen LogP contribution in [0.4, 0.5) is 0 Å². The van der Waals surface area contributed by atoms with E-state index in [-0.39, 0.29) is 12.1 Å². The molecular weight excluding hydrogens is 238 g/mol. The van der Waals surface area contributed by atoms with Crippen molar-refractivity contribution in [1.29, 1.82) is 0 Å². The van der Waals surface area contributed by atoms with Crippen molar-refractivity contribution >= 4 is 0 Å². The maximum atomic E-state index is 5.66. The lowest BCUT2D eigenvalue weighted by molar-refractivity contribution is 0.391. The fourth-order valence-corrected chi connectivity index (χ4v) is 2.64. The number of aromatic nitrogens is 2. The van der Waals surface area contributed by atoms with Gasteiger partial charge in [0.15, 0.2) is 0 Å². The summed E-state index contributed by atoms with van der Waals surface area (Å²) in [6, 6.07) is 4.46. The Hall–Kier alpha value is -1.55. The van der Waals surface area contributed by atoms with Crippen molar-refractivity contribution in [2.24, 2.45) is 7.05 Å². The Balaban J connectivity index is 2.14. The van der Waals surface area contributed by atoms with Crippen LogP contribution >= 0.6 is 0 Å². The Morgan fingerprint density at radius 3 is 2.32 bits per heavy atom. The molecule has 0 aliphatic heterocycles. The third-order valence-corrected chi connectivity index (χ3v) is 3.69. The molecule has 2 aromatic rings. The predicted molar refractivity (Wildman–Crippen MR) is 76.1 cm³/mol. The maximum Gasteiger partial charge on any atom is 0.120 e. The Bertz CT molecular complexity index is 568. The molecule has 2 heterocycles. The maximum absolute atomic E-state index is 5.66. The van der Waals surface area contributed by atoms with E-state index in [0.29, 0.717) is 0 Å². The zero-order chi connectivity index (χ0) is 14.2. The molecule has 0 saturated carbocycles. The van der Waals surface area contributed by atoms with Crippen LogP contribution in [-0.2, 0) is 7.05 Å². The quantitative estimate of drug-likeness (QED) is 0.917. The molecule has 0 radical (unpaired) electrons. The highest BCUT2D eigenvalue weighted by Crippen LogP contribution is 2.24. The van der Waals surface area contributed by atoms with Crippen molar-refractivity contribution in [3.8, 4) is 0 Å². The van der Waals surface area contributed by atoms with Crippen LogP contribution in [0.1, 0.15) is 54.4 Å². The van der Waals surface area contributed by atoms with Crippen molar-refractivity contribution < 1.29 is 4.42 Å². The first-order chi connectivity index (χ1) is 8.90. The van der Waals surface area contributed by atoms with Gasteiger partial charge in [-0.15, -0.1) is 0 Å². The number of rotatable bonds is 4. The molecule has 104 valence electrons. The van der Waals surface area contributed by atoms with Crippen molar-refractivity contribution in [3.63, 3.8) is 0 Å². The third kappa shape index (κ3) is 2.73. The van der Waals surface area contributed by atoms with E-state index in [9.17, 15) is 0 Å². The molecule has 0 amide bonds. The SMILES string of the molecule is Cc1ccc(C(C)NC(C)c2c(C)nn(C)c2C)o1. The van der Waals surface area contributed by atoms with Gasteiger partial charge in [-0.3, -0.25) is 4.68 Å². The first-order valence-electron chi connectivity index (χ1n) is 6.72. The highest BCUT2D eigenvalue weighted by atomic mass is 16.3. The topological polar surface area (TPSA) is 43.0 Å². The lowest BCUT2D eigenvalue weighted by atomic mass is 10.1. The molecule has 0 bridgehead atoms. The van der Waals surface area contributed by atoms with Crippen LogP contribution in [0.25, 0.3) is 0 Å². The third-order valence-electron chi connectivity index (χ3n) is 3.69. The van der Waals surface area contributed by atoms with Gasteiger partial charge in [-0.1, -0.05) is 0 Å². The summed E-state index contributed by atoms with van der Waals surface area (Å²) in [4.78, 5) is 0. The van der Waals surface area contributed by atoms with Crippen LogP contribution in [0, 0.1) is 20.8 Å². The van der Waals surface area contributed by atoms with Crippen LogP contribution in [-0.4, -0.2) is 9.78 Å². The Labute approximate surface area is 114 Å². The number of hydrogen-bond donors (Lipinski definition) is 1. The summed E-state index contributed by atoms with van der Waals surface area (Å²) in [7, 11) is 1.98. The summed E-state index contributed by atoms with van der Waals surface area (Å²) in [6.45, 7) is 10.4. The lowest BCUT2D eigenvalue weighted by Gasteiger charge is -2.19. The number of nitrogens with zero attached hydrogens (tertiary/aromatic N) is 2. The van der Waals surface area contributed by atoms with E-state index in [0.717, 1.165) is 17.2 Å². The molecule has 4 heteroatoms. The summed E-state index contributed by atoms with van der Waals surface area (Å²) >= 11 is 0. The molecule has 0 aliphatic rings. The highest BCUT2D eigenvalue weighted by molar-refractivity contribution is 5.28. The van der Waals surface area contributed by atoms with Gasteiger partial charge >= 0.3 is 0 Å². The molecule has 0 fully saturated rings. The minimum absolute atomic E-state index is 0.183. The fraction of sp³-hybridized carbons (Fsp3) is 0.533.